The number of amides is 1. The second kappa shape index (κ2) is 6.35. The van der Waals surface area contributed by atoms with E-state index in [9.17, 15) is 4.79 Å². The summed E-state index contributed by atoms with van der Waals surface area (Å²) in [6.07, 6.45) is 5.02. The van der Waals surface area contributed by atoms with Crippen molar-refractivity contribution in [3.8, 4) is 0 Å². The van der Waals surface area contributed by atoms with Crippen LogP contribution in [0.4, 0.5) is 5.88 Å². The summed E-state index contributed by atoms with van der Waals surface area (Å²) in [5.74, 6) is 0.703. The van der Waals surface area contributed by atoms with Gasteiger partial charge in [0.2, 0.25) is 11.8 Å². The maximum atomic E-state index is 12.6. The molecule has 0 spiro atoms. The van der Waals surface area contributed by atoms with Gasteiger partial charge in [0.15, 0.2) is 0 Å². The molecule has 1 N–H and O–H groups in total. The van der Waals surface area contributed by atoms with Crippen LogP contribution in [0.3, 0.4) is 0 Å². The average Bonchev–Trinajstić information content (AvgIpc) is 3.22. The van der Waals surface area contributed by atoms with Crippen molar-refractivity contribution in [2.45, 2.75) is 45.1 Å². The zero-order chi connectivity index (χ0) is 16.5. The monoisotopic (exact) mass is 331 g/mol. The van der Waals surface area contributed by atoms with Crippen molar-refractivity contribution in [1.29, 1.82) is 0 Å². The highest BCUT2D eigenvalue weighted by atomic mass is 16.5. The van der Waals surface area contributed by atoms with E-state index in [0.29, 0.717) is 18.2 Å². The molecular weight excluding hydrogens is 310 g/mol. The zero-order valence-corrected chi connectivity index (χ0v) is 13.7. The quantitative estimate of drug-likeness (QED) is 0.919. The Kier molecular flexibility index (Phi) is 4.05. The molecule has 8 nitrogen and oxygen atoms in total. The molecular formula is C16H21N5O3. The molecule has 128 valence electrons. The number of carbonyl (C=O) groups excluding carboxylic acids is 1. The number of hydrogen-bond donors (Lipinski definition) is 1. The van der Waals surface area contributed by atoms with Crippen LogP contribution >= 0.6 is 0 Å². The first-order valence-corrected chi connectivity index (χ1v) is 8.44. The highest BCUT2D eigenvalue weighted by Crippen LogP contribution is 2.32. The van der Waals surface area contributed by atoms with Crippen LogP contribution in [0, 0.1) is 12.8 Å². The van der Waals surface area contributed by atoms with Gasteiger partial charge in [0.25, 0.3) is 0 Å². The van der Waals surface area contributed by atoms with E-state index in [1.165, 1.54) is 0 Å². The van der Waals surface area contributed by atoms with Crippen LogP contribution < -0.4 is 5.32 Å². The summed E-state index contributed by atoms with van der Waals surface area (Å²) in [5, 5.41) is 15.0. The molecule has 0 aromatic carbocycles. The Morgan fingerprint density at radius 2 is 2.17 bits per heavy atom. The largest absolute Gasteiger partial charge is 0.381 e. The van der Waals surface area contributed by atoms with E-state index in [4.69, 9.17) is 9.26 Å². The first kappa shape index (κ1) is 15.3. The van der Waals surface area contributed by atoms with Crippen molar-refractivity contribution >= 4 is 11.8 Å². The average molecular weight is 331 g/mol. The number of carbonyl (C=O) groups is 1. The fraction of sp³-hybridized carbons (Fsp3) is 0.625. The summed E-state index contributed by atoms with van der Waals surface area (Å²) in [4.78, 5) is 12.6. The molecule has 8 heteroatoms. The lowest BCUT2D eigenvalue weighted by molar-refractivity contribution is -0.120. The molecule has 0 bridgehead atoms. The van der Waals surface area contributed by atoms with Crippen LogP contribution in [0.1, 0.15) is 42.1 Å². The molecule has 1 unspecified atom stereocenters. The number of ether oxygens (including phenoxy) is 1. The summed E-state index contributed by atoms with van der Waals surface area (Å²) in [6.45, 7) is 4.18. The van der Waals surface area contributed by atoms with E-state index in [2.05, 4.69) is 20.8 Å². The highest BCUT2D eigenvalue weighted by Gasteiger charge is 2.28. The van der Waals surface area contributed by atoms with Crippen LogP contribution in [0.5, 0.6) is 0 Å². The minimum Gasteiger partial charge on any atom is -0.381 e. The van der Waals surface area contributed by atoms with Gasteiger partial charge in [-0.05, 0) is 26.2 Å². The Labute approximate surface area is 139 Å². The van der Waals surface area contributed by atoms with Crippen LogP contribution in [-0.2, 0) is 22.5 Å². The molecule has 4 rings (SSSR count). The lowest BCUT2D eigenvalue weighted by Gasteiger charge is -2.21. The summed E-state index contributed by atoms with van der Waals surface area (Å²) >= 11 is 0. The van der Waals surface area contributed by atoms with Gasteiger partial charge in [0.1, 0.15) is 0 Å². The van der Waals surface area contributed by atoms with Gasteiger partial charge < -0.3 is 9.26 Å². The first-order valence-electron chi connectivity index (χ1n) is 8.44. The zero-order valence-electron chi connectivity index (χ0n) is 13.7. The van der Waals surface area contributed by atoms with Crippen LogP contribution in [-0.4, -0.2) is 39.3 Å². The van der Waals surface area contributed by atoms with Gasteiger partial charge in [-0.15, -0.1) is 5.10 Å². The Bertz CT molecular complexity index is 732. The van der Waals surface area contributed by atoms with Crippen molar-refractivity contribution in [2.24, 2.45) is 5.92 Å². The summed E-state index contributed by atoms with van der Waals surface area (Å²) in [6, 6.07) is 0. The van der Waals surface area contributed by atoms with Crippen LogP contribution in [0.2, 0.25) is 0 Å². The van der Waals surface area contributed by atoms with Crippen molar-refractivity contribution in [3.63, 3.8) is 0 Å². The topological polar surface area (TPSA) is 95.1 Å². The van der Waals surface area contributed by atoms with Gasteiger partial charge in [0.05, 0.1) is 17.6 Å². The molecule has 2 aromatic heterocycles. The molecule has 2 aliphatic rings. The second-order valence-corrected chi connectivity index (χ2v) is 6.54. The first-order chi connectivity index (χ1) is 11.7. The normalized spacial score (nSPS) is 21.5. The number of nitrogens with zero attached hydrogens (tertiary/aromatic N) is 4. The highest BCUT2D eigenvalue weighted by molar-refractivity contribution is 5.92. The molecule has 2 aromatic rings. The number of rotatable bonds is 3. The smallest absolute Gasteiger partial charge is 0.234 e. The van der Waals surface area contributed by atoms with Gasteiger partial charge in [-0.25, -0.2) is 4.68 Å². The molecule has 1 atom stereocenters. The van der Waals surface area contributed by atoms with E-state index < -0.39 is 0 Å². The Balaban J connectivity index is 1.44. The van der Waals surface area contributed by atoms with Crippen molar-refractivity contribution in [3.05, 3.63) is 23.1 Å². The van der Waals surface area contributed by atoms with Crippen molar-refractivity contribution < 1.29 is 14.1 Å². The maximum absolute atomic E-state index is 12.6. The number of nitrogens with one attached hydrogen (secondary N) is 1. The molecule has 24 heavy (non-hydrogen) atoms. The molecule has 0 aliphatic carbocycles. The molecule has 1 saturated heterocycles. The van der Waals surface area contributed by atoms with Crippen molar-refractivity contribution in [2.75, 3.05) is 18.5 Å². The standard InChI is InChI=1S/C16H21N5O3/c1-10-14(11-3-6-23-7-4-11)19-24-16(10)18-15(22)12-2-5-21-13(8-12)9-17-20-21/h9,11-12H,2-8H2,1H3,(H,18,22). The Morgan fingerprint density at radius 3 is 3.00 bits per heavy atom. The van der Waals surface area contributed by atoms with E-state index in [1.54, 1.807) is 6.20 Å². The summed E-state index contributed by atoms with van der Waals surface area (Å²) < 4.78 is 12.7. The molecule has 4 heterocycles. The number of fused-ring (bicyclic) bond motifs is 1. The van der Waals surface area contributed by atoms with E-state index in [-0.39, 0.29) is 11.8 Å². The van der Waals surface area contributed by atoms with Gasteiger partial charge in [-0.3, -0.25) is 10.1 Å². The van der Waals surface area contributed by atoms with Gasteiger partial charge in [-0.1, -0.05) is 10.4 Å². The molecule has 1 amide bonds. The second-order valence-electron chi connectivity index (χ2n) is 6.54. The SMILES string of the molecule is Cc1c(C2CCOCC2)noc1NC(=O)C1CCn2nncc2C1. The number of aromatic nitrogens is 4. The fourth-order valence-electron chi connectivity index (χ4n) is 3.51. The van der Waals surface area contributed by atoms with E-state index >= 15 is 0 Å². The Morgan fingerprint density at radius 1 is 1.33 bits per heavy atom. The van der Waals surface area contributed by atoms with Crippen LogP contribution in [0.15, 0.2) is 10.7 Å². The number of anilines is 1. The molecule has 0 radical (unpaired) electrons. The third-order valence-corrected chi connectivity index (χ3v) is 5.02. The molecule has 1 fully saturated rings. The summed E-state index contributed by atoms with van der Waals surface area (Å²) in [7, 11) is 0. The maximum Gasteiger partial charge on any atom is 0.234 e. The third kappa shape index (κ3) is 2.82. The minimum atomic E-state index is -0.0907. The van der Waals surface area contributed by atoms with Crippen LogP contribution in [0.25, 0.3) is 0 Å². The summed E-state index contributed by atoms with van der Waals surface area (Å²) in [5.41, 5.74) is 2.87. The predicted octanol–water partition coefficient (Wildman–Crippen LogP) is 1.67. The lowest BCUT2D eigenvalue weighted by atomic mass is 9.93. The van der Waals surface area contributed by atoms with Gasteiger partial charge in [0, 0.05) is 43.6 Å². The Hall–Kier alpha value is -2.22. The third-order valence-electron chi connectivity index (χ3n) is 5.02. The molecule has 0 saturated carbocycles. The van der Waals surface area contributed by atoms with Gasteiger partial charge >= 0.3 is 0 Å². The lowest BCUT2D eigenvalue weighted by Crippen LogP contribution is -2.30. The van der Waals surface area contributed by atoms with Crippen molar-refractivity contribution in [1.82, 2.24) is 20.2 Å². The minimum absolute atomic E-state index is 0.0276. The predicted molar refractivity (Wildman–Crippen MR) is 84.5 cm³/mol. The van der Waals surface area contributed by atoms with E-state index in [1.807, 2.05) is 11.6 Å². The molecule has 2 aliphatic heterocycles. The van der Waals surface area contributed by atoms with Gasteiger partial charge in [-0.2, -0.15) is 0 Å². The van der Waals surface area contributed by atoms with E-state index in [0.717, 1.165) is 56.0 Å². The number of aryl methyl sites for hydroxylation is 1. The number of hydrogen-bond acceptors (Lipinski definition) is 6. The fourth-order valence-corrected chi connectivity index (χ4v) is 3.51.